The zero-order valence-corrected chi connectivity index (χ0v) is 15.9. The van der Waals surface area contributed by atoms with Crippen LogP contribution in [0.15, 0.2) is 18.2 Å². The lowest BCUT2D eigenvalue weighted by atomic mass is 10.1. The van der Waals surface area contributed by atoms with E-state index in [1.54, 1.807) is 23.1 Å². The molecule has 10 heteroatoms. The van der Waals surface area contributed by atoms with Crippen LogP contribution in [0, 0.1) is 0 Å². The molecule has 3 rings (SSSR count). The molecule has 27 heavy (non-hydrogen) atoms. The van der Waals surface area contributed by atoms with Crippen LogP contribution in [0.1, 0.15) is 11.9 Å². The molecule has 0 bridgehead atoms. The Morgan fingerprint density at radius 2 is 1.93 bits per heavy atom. The number of aliphatic hydroxyl groups is 5. The van der Waals surface area contributed by atoms with Crippen molar-refractivity contribution in [3.05, 3.63) is 33.8 Å². The predicted octanol–water partition coefficient (Wildman–Crippen LogP) is -0.472. The molecule has 2 fully saturated rings. The lowest BCUT2D eigenvalue weighted by Crippen LogP contribution is -2.52. The Hall–Kier alpha value is -0.520. The molecular weight excluding hydrogens is 401 g/mol. The Morgan fingerprint density at radius 1 is 1.19 bits per heavy atom. The van der Waals surface area contributed by atoms with Crippen LogP contribution in [-0.2, 0) is 9.47 Å². The zero-order chi connectivity index (χ0) is 19.7. The summed E-state index contributed by atoms with van der Waals surface area (Å²) in [5.74, 6) is 0. The van der Waals surface area contributed by atoms with Crippen LogP contribution in [0.25, 0.3) is 0 Å². The lowest BCUT2D eigenvalue weighted by Gasteiger charge is -2.38. The van der Waals surface area contributed by atoms with Gasteiger partial charge in [-0.1, -0.05) is 23.2 Å². The van der Waals surface area contributed by atoms with Gasteiger partial charge >= 0.3 is 0 Å². The van der Waals surface area contributed by atoms with Crippen LogP contribution in [0.5, 0.6) is 0 Å². The van der Waals surface area contributed by atoms with Crippen molar-refractivity contribution in [2.45, 2.75) is 42.9 Å². The third-order valence-corrected chi connectivity index (χ3v) is 5.54. The van der Waals surface area contributed by atoms with Gasteiger partial charge in [0.05, 0.1) is 37.6 Å². The van der Waals surface area contributed by atoms with Crippen molar-refractivity contribution >= 4 is 23.2 Å². The standard InChI is InChI=1S/C17H23Cl2NO7/c18-8-1-2-10(19)9(3-8)17-26-7-14(24)16(27-17)13(23)5-20-4-12(22)15(25)11(20)6-21/h1-3,11-17,21-25H,4-7H2/t11-,12-,13-,14-,15-,16-,17?/m1/s1. The van der Waals surface area contributed by atoms with Crippen LogP contribution in [0.2, 0.25) is 10.0 Å². The second kappa shape index (κ2) is 8.87. The van der Waals surface area contributed by atoms with Crippen LogP contribution >= 0.6 is 23.2 Å². The number of hydrogen-bond donors (Lipinski definition) is 5. The molecule has 7 atom stereocenters. The second-order valence-corrected chi connectivity index (χ2v) is 7.67. The van der Waals surface area contributed by atoms with Crippen molar-refractivity contribution in [2.24, 2.45) is 0 Å². The Kier molecular flexibility index (Phi) is 6.97. The number of rotatable bonds is 5. The lowest BCUT2D eigenvalue weighted by molar-refractivity contribution is -0.276. The number of benzene rings is 1. The first-order valence-corrected chi connectivity index (χ1v) is 9.36. The summed E-state index contributed by atoms with van der Waals surface area (Å²) in [5, 5.41) is 50.7. The first kappa shape index (κ1) is 21.2. The molecule has 152 valence electrons. The number of aliphatic hydroxyl groups excluding tert-OH is 5. The van der Waals surface area contributed by atoms with Crippen molar-refractivity contribution in [3.63, 3.8) is 0 Å². The average Bonchev–Trinajstić information content (AvgIpc) is 2.90. The highest BCUT2D eigenvalue weighted by Crippen LogP contribution is 2.34. The van der Waals surface area contributed by atoms with Crippen molar-refractivity contribution in [1.29, 1.82) is 0 Å². The molecule has 0 aromatic heterocycles. The van der Waals surface area contributed by atoms with E-state index in [0.717, 1.165) is 0 Å². The minimum atomic E-state index is -1.16. The van der Waals surface area contributed by atoms with E-state index in [9.17, 15) is 25.5 Å². The van der Waals surface area contributed by atoms with Gasteiger partial charge in [0.1, 0.15) is 12.2 Å². The molecule has 2 heterocycles. The molecule has 0 saturated carbocycles. The van der Waals surface area contributed by atoms with Gasteiger partial charge in [-0.05, 0) is 18.2 Å². The molecule has 2 aliphatic heterocycles. The summed E-state index contributed by atoms with van der Waals surface area (Å²) in [5.41, 5.74) is 0.480. The van der Waals surface area contributed by atoms with Crippen molar-refractivity contribution in [1.82, 2.24) is 4.90 Å². The fourth-order valence-corrected chi connectivity index (χ4v) is 3.88. The minimum absolute atomic E-state index is 0.0168. The highest BCUT2D eigenvalue weighted by Gasteiger charge is 2.43. The molecule has 2 saturated heterocycles. The molecule has 1 aromatic rings. The number of nitrogens with zero attached hydrogens (tertiary/aromatic N) is 1. The third-order valence-electron chi connectivity index (χ3n) is 4.96. The Balaban J connectivity index is 1.70. The monoisotopic (exact) mass is 423 g/mol. The summed E-state index contributed by atoms with van der Waals surface area (Å²) < 4.78 is 11.2. The molecule has 2 aliphatic rings. The molecule has 8 nitrogen and oxygen atoms in total. The molecular formula is C17H23Cl2NO7. The summed E-state index contributed by atoms with van der Waals surface area (Å²) in [7, 11) is 0. The maximum atomic E-state index is 10.6. The van der Waals surface area contributed by atoms with Gasteiger partial charge in [0.2, 0.25) is 0 Å². The van der Waals surface area contributed by atoms with E-state index in [-0.39, 0.29) is 26.3 Å². The van der Waals surface area contributed by atoms with E-state index in [2.05, 4.69) is 0 Å². The topological polar surface area (TPSA) is 123 Å². The van der Waals surface area contributed by atoms with Gasteiger partial charge in [0, 0.05) is 28.7 Å². The predicted molar refractivity (Wildman–Crippen MR) is 96.5 cm³/mol. The summed E-state index contributed by atoms with van der Waals surface area (Å²) in [4.78, 5) is 1.56. The maximum Gasteiger partial charge on any atom is 0.186 e. The van der Waals surface area contributed by atoms with Gasteiger partial charge in [0.15, 0.2) is 6.29 Å². The number of β-amino-alcohol motifs (C(OH)–C–C–N with tert-alkyl or cyclic N) is 2. The smallest absolute Gasteiger partial charge is 0.186 e. The third kappa shape index (κ3) is 4.56. The first-order valence-electron chi connectivity index (χ1n) is 8.61. The Bertz CT molecular complexity index is 652. The molecule has 5 N–H and O–H groups in total. The number of ether oxygens (including phenoxy) is 2. The van der Waals surface area contributed by atoms with Gasteiger partial charge in [-0.3, -0.25) is 4.90 Å². The average molecular weight is 424 g/mol. The SMILES string of the molecule is OC[C@@H]1[C@@H](O)[C@H](O)CN1C[C@@H](O)[C@H]1OC(c2cc(Cl)ccc2Cl)OC[C@H]1O. The van der Waals surface area contributed by atoms with Gasteiger partial charge in [-0.15, -0.1) is 0 Å². The molecule has 0 radical (unpaired) electrons. The maximum absolute atomic E-state index is 10.6. The summed E-state index contributed by atoms with van der Waals surface area (Å²) in [6.07, 6.45) is -6.28. The number of hydrogen-bond acceptors (Lipinski definition) is 8. The van der Waals surface area contributed by atoms with E-state index < -0.39 is 42.9 Å². The minimum Gasteiger partial charge on any atom is -0.395 e. The zero-order valence-electron chi connectivity index (χ0n) is 14.4. The molecule has 0 aliphatic carbocycles. The summed E-state index contributed by atoms with van der Waals surface area (Å²) >= 11 is 12.2. The van der Waals surface area contributed by atoms with Crippen molar-refractivity contribution in [2.75, 3.05) is 26.3 Å². The van der Waals surface area contributed by atoms with Crippen LogP contribution in [-0.4, -0.2) is 93.3 Å². The normalized spacial score (nSPS) is 36.1. The number of halogens is 2. The van der Waals surface area contributed by atoms with Gasteiger partial charge in [-0.2, -0.15) is 0 Å². The number of likely N-dealkylation sites (tertiary alicyclic amines) is 1. The van der Waals surface area contributed by atoms with E-state index >= 15 is 0 Å². The van der Waals surface area contributed by atoms with Crippen molar-refractivity contribution < 1.29 is 35.0 Å². The summed E-state index contributed by atoms with van der Waals surface area (Å²) in [6.45, 7) is -0.379. The van der Waals surface area contributed by atoms with E-state index in [1.165, 1.54) is 0 Å². The Morgan fingerprint density at radius 3 is 2.63 bits per heavy atom. The first-order chi connectivity index (χ1) is 12.8. The van der Waals surface area contributed by atoms with Crippen LogP contribution in [0.3, 0.4) is 0 Å². The van der Waals surface area contributed by atoms with E-state index in [0.29, 0.717) is 15.6 Å². The molecule has 0 spiro atoms. The Labute approximate surface area is 166 Å². The van der Waals surface area contributed by atoms with E-state index in [4.69, 9.17) is 32.7 Å². The summed E-state index contributed by atoms with van der Waals surface area (Å²) in [6, 6.07) is 4.10. The highest BCUT2D eigenvalue weighted by atomic mass is 35.5. The highest BCUT2D eigenvalue weighted by molar-refractivity contribution is 6.33. The van der Waals surface area contributed by atoms with Crippen molar-refractivity contribution in [3.8, 4) is 0 Å². The van der Waals surface area contributed by atoms with E-state index in [1.807, 2.05) is 0 Å². The van der Waals surface area contributed by atoms with Gasteiger partial charge < -0.3 is 35.0 Å². The molecule has 0 amide bonds. The van der Waals surface area contributed by atoms with Gasteiger partial charge in [0.25, 0.3) is 0 Å². The largest absolute Gasteiger partial charge is 0.395 e. The van der Waals surface area contributed by atoms with Crippen LogP contribution in [0.4, 0.5) is 0 Å². The second-order valence-electron chi connectivity index (χ2n) is 6.83. The van der Waals surface area contributed by atoms with Crippen LogP contribution < -0.4 is 0 Å². The molecule has 1 unspecified atom stereocenters. The van der Waals surface area contributed by atoms with Gasteiger partial charge in [-0.25, -0.2) is 0 Å². The fraction of sp³-hybridized carbons (Fsp3) is 0.647. The fourth-order valence-electron chi connectivity index (χ4n) is 3.49. The quantitative estimate of drug-likeness (QED) is 0.430. The molecule has 1 aromatic carbocycles.